The Morgan fingerprint density at radius 1 is 1.45 bits per heavy atom. The average molecular weight is 278 g/mol. The average Bonchev–Trinajstić information content (AvgIpc) is 2.38. The summed E-state index contributed by atoms with van der Waals surface area (Å²) >= 11 is 0. The molecule has 1 aromatic carbocycles. The molecule has 1 unspecified atom stereocenters. The van der Waals surface area contributed by atoms with Crippen LogP contribution in [0.1, 0.15) is 5.56 Å². The number of pyridine rings is 1. The smallest absolute Gasteiger partial charge is 0.124 e. The number of halogens is 1. The van der Waals surface area contributed by atoms with Crippen molar-refractivity contribution in [3.8, 4) is 0 Å². The fraction of sp³-hybridized carbons (Fsp3) is 0.400. The number of benzene rings is 1. The van der Waals surface area contributed by atoms with Gasteiger partial charge in [-0.1, -0.05) is 6.07 Å². The molecule has 1 atom stereocenters. The summed E-state index contributed by atoms with van der Waals surface area (Å²) in [6, 6.07) is 6.60. The molecule has 2 rings (SSSR count). The van der Waals surface area contributed by atoms with E-state index in [-0.39, 0.29) is 12.4 Å². The molecule has 20 heavy (non-hydrogen) atoms. The van der Waals surface area contributed by atoms with E-state index in [0.29, 0.717) is 13.1 Å². The first-order valence-electron chi connectivity index (χ1n) is 6.49. The zero-order chi connectivity index (χ0) is 14.5. The number of hydrogen-bond donors (Lipinski definition) is 1. The Labute approximate surface area is 117 Å². The third-order valence-electron chi connectivity index (χ3n) is 3.07. The zero-order valence-electron chi connectivity index (χ0n) is 11.7. The number of fused-ring (bicyclic) bond motifs is 1. The van der Waals surface area contributed by atoms with Crippen molar-refractivity contribution in [3.05, 3.63) is 41.8 Å². The summed E-state index contributed by atoms with van der Waals surface area (Å²) in [4.78, 5) is 6.23. The van der Waals surface area contributed by atoms with Gasteiger partial charge in [0.05, 0.1) is 18.2 Å². The van der Waals surface area contributed by atoms with Crippen molar-refractivity contribution in [1.82, 2.24) is 9.88 Å². The van der Waals surface area contributed by atoms with E-state index < -0.39 is 6.10 Å². The standard InChI is InChI=1S/C15H19FN2O2/c1-18(9-14(19)10-20-2)8-12-7-13(16)6-11-4-3-5-17-15(11)12/h3-7,14,19H,8-10H2,1-2H3. The summed E-state index contributed by atoms with van der Waals surface area (Å²) in [6.07, 6.45) is 1.14. The Balaban J connectivity index is 2.16. The van der Waals surface area contributed by atoms with Crippen LogP contribution in [0.25, 0.3) is 10.9 Å². The fourth-order valence-corrected chi connectivity index (χ4v) is 2.31. The van der Waals surface area contributed by atoms with Gasteiger partial charge in [0, 0.05) is 31.8 Å². The fourth-order valence-electron chi connectivity index (χ4n) is 2.31. The quantitative estimate of drug-likeness (QED) is 0.875. The van der Waals surface area contributed by atoms with Gasteiger partial charge in [0.15, 0.2) is 0 Å². The minimum Gasteiger partial charge on any atom is -0.389 e. The topological polar surface area (TPSA) is 45.6 Å². The first-order chi connectivity index (χ1) is 9.60. The van der Waals surface area contributed by atoms with Crippen LogP contribution in [0.3, 0.4) is 0 Å². The normalized spacial score (nSPS) is 13.1. The van der Waals surface area contributed by atoms with Gasteiger partial charge in [0.25, 0.3) is 0 Å². The van der Waals surface area contributed by atoms with Gasteiger partial charge in [0.1, 0.15) is 5.82 Å². The molecule has 1 N–H and O–H groups in total. The number of rotatable bonds is 6. The largest absolute Gasteiger partial charge is 0.389 e. The molecule has 0 saturated carbocycles. The summed E-state index contributed by atoms with van der Waals surface area (Å²) in [6.45, 7) is 1.26. The number of methoxy groups -OCH3 is 1. The summed E-state index contributed by atoms with van der Waals surface area (Å²) in [7, 11) is 3.42. The third kappa shape index (κ3) is 3.72. The van der Waals surface area contributed by atoms with E-state index in [1.54, 1.807) is 19.4 Å². The lowest BCUT2D eigenvalue weighted by molar-refractivity contribution is 0.0419. The van der Waals surface area contributed by atoms with Crippen LogP contribution in [0.2, 0.25) is 0 Å². The zero-order valence-corrected chi connectivity index (χ0v) is 11.7. The Morgan fingerprint density at radius 3 is 3.00 bits per heavy atom. The van der Waals surface area contributed by atoms with Gasteiger partial charge >= 0.3 is 0 Å². The minimum atomic E-state index is -0.558. The molecule has 1 heterocycles. The van der Waals surface area contributed by atoms with E-state index in [4.69, 9.17) is 4.74 Å². The number of likely N-dealkylation sites (N-methyl/N-ethyl adjacent to an activating group) is 1. The van der Waals surface area contributed by atoms with Gasteiger partial charge in [-0.25, -0.2) is 4.39 Å². The van der Waals surface area contributed by atoms with Crippen LogP contribution in [0, 0.1) is 5.82 Å². The first kappa shape index (κ1) is 14.8. The molecule has 0 bridgehead atoms. The molecule has 0 fully saturated rings. The van der Waals surface area contributed by atoms with Crippen LogP contribution in [-0.2, 0) is 11.3 Å². The van der Waals surface area contributed by atoms with Crippen molar-refractivity contribution in [3.63, 3.8) is 0 Å². The van der Waals surface area contributed by atoms with Crippen LogP contribution in [0.5, 0.6) is 0 Å². The highest BCUT2D eigenvalue weighted by Crippen LogP contribution is 2.19. The molecule has 2 aromatic rings. The van der Waals surface area contributed by atoms with Crippen LogP contribution in [-0.4, -0.2) is 48.4 Å². The molecule has 0 aliphatic carbocycles. The third-order valence-corrected chi connectivity index (χ3v) is 3.07. The maximum atomic E-state index is 13.6. The molecule has 0 spiro atoms. The van der Waals surface area contributed by atoms with Gasteiger partial charge in [-0.05, 0) is 30.8 Å². The van der Waals surface area contributed by atoms with Crippen molar-refractivity contribution in [1.29, 1.82) is 0 Å². The number of ether oxygens (including phenoxy) is 1. The van der Waals surface area contributed by atoms with Gasteiger partial charge in [0.2, 0.25) is 0 Å². The number of nitrogens with zero attached hydrogens (tertiary/aromatic N) is 2. The lowest BCUT2D eigenvalue weighted by atomic mass is 10.1. The second-order valence-electron chi connectivity index (χ2n) is 4.95. The summed E-state index contributed by atoms with van der Waals surface area (Å²) in [5, 5.41) is 10.5. The highest BCUT2D eigenvalue weighted by Gasteiger charge is 2.11. The second-order valence-corrected chi connectivity index (χ2v) is 4.95. The van der Waals surface area contributed by atoms with Gasteiger partial charge in [-0.2, -0.15) is 0 Å². The summed E-state index contributed by atoms with van der Waals surface area (Å²) in [5.41, 5.74) is 1.61. The van der Waals surface area contributed by atoms with Gasteiger partial charge < -0.3 is 9.84 Å². The molecular formula is C15H19FN2O2. The maximum Gasteiger partial charge on any atom is 0.124 e. The van der Waals surface area contributed by atoms with E-state index >= 15 is 0 Å². The molecule has 0 aliphatic rings. The lowest BCUT2D eigenvalue weighted by Crippen LogP contribution is -2.31. The van der Waals surface area contributed by atoms with Crippen molar-refractivity contribution >= 4 is 10.9 Å². The van der Waals surface area contributed by atoms with Crippen molar-refractivity contribution in [2.45, 2.75) is 12.6 Å². The summed E-state index contributed by atoms with van der Waals surface area (Å²) in [5.74, 6) is -0.272. The van der Waals surface area contributed by atoms with Gasteiger partial charge in [-0.15, -0.1) is 0 Å². The van der Waals surface area contributed by atoms with Crippen molar-refractivity contribution in [2.75, 3.05) is 27.3 Å². The lowest BCUT2D eigenvalue weighted by Gasteiger charge is -2.20. The molecular weight excluding hydrogens is 259 g/mol. The van der Waals surface area contributed by atoms with Gasteiger partial charge in [-0.3, -0.25) is 9.88 Å². The maximum absolute atomic E-state index is 13.6. The number of aromatic nitrogens is 1. The SMILES string of the molecule is COCC(O)CN(C)Cc1cc(F)cc2cccnc12. The highest BCUT2D eigenvalue weighted by atomic mass is 19.1. The van der Waals surface area contributed by atoms with E-state index in [1.807, 2.05) is 18.0 Å². The van der Waals surface area contributed by atoms with E-state index in [2.05, 4.69) is 4.98 Å². The number of hydrogen-bond acceptors (Lipinski definition) is 4. The molecule has 0 amide bonds. The predicted octanol–water partition coefficient (Wildman–Crippen LogP) is 1.81. The van der Waals surface area contributed by atoms with Crippen molar-refractivity contribution in [2.24, 2.45) is 0 Å². The van der Waals surface area contributed by atoms with Crippen LogP contribution >= 0.6 is 0 Å². The molecule has 0 saturated heterocycles. The first-order valence-corrected chi connectivity index (χ1v) is 6.49. The Bertz CT molecular complexity index is 577. The van der Waals surface area contributed by atoms with Crippen LogP contribution < -0.4 is 0 Å². The minimum absolute atomic E-state index is 0.272. The highest BCUT2D eigenvalue weighted by molar-refractivity contribution is 5.81. The predicted molar refractivity (Wildman–Crippen MR) is 75.9 cm³/mol. The van der Waals surface area contributed by atoms with Crippen molar-refractivity contribution < 1.29 is 14.2 Å². The monoisotopic (exact) mass is 278 g/mol. The molecule has 0 aliphatic heterocycles. The molecule has 4 nitrogen and oxygen atoms in total. The molecule has 0 radical (unpaired) electrons. The van der Waals surface area contributed by atoms with E-state index in [1.165, 1.54) is 12.1 Å². The van der Waals surface area contributed by atoms with E-state index in [9.17, 15) is 9.50 Å². The summed E-state index contributed by atoms with van der Waals surface area (Å²) < 4.78 is 18.5. The van der Waals surface area contributed by atoms with Crippen LogP contribution in [0.15, 0.2) is 30.5 Å². The number of aliphatic hydroxyl groups is 1. The Kier molecular flexibility index (Phi) is 5.00. The molecule has 5 heteroatoms. The second kappa shape index (κ2) is 6.74. The Hall–Kier alpha value is -1.56. The molecule has 108 valence electrons. The van der Waals surface area contributed by atoms with E-state index in [0.717, 1.165) is 16.5 Å². The Morgan fingerprint density at radius 2 is 2.25 bits per heavy atom. The number of aliphatic hydroxyl groups excluding tert-OH is 1. The van der Waals surface area contributed by atoms with Crippen LogP contribution in [0.4, 0.5) is 4.39 Å². The molecule has 1 aromatic heterocycles.